The zero-order valence-electron chi connectivity index (χ0n) is 11.3. The van der Waals surface area contributed by atoms with Crippen LogP contribution in [0.5, 0.6) is 0 Å². The van der Waals surface area contributed by atoms with E-state index in [2.05, 4.69) is 34.0 Å². The van der Waals surface area contributed by atoms with Gasteiger partial charge in [-0.15, -0.1) is 0 Å². The van der Waals surface area contributed by atoms with Crippen LogP contribution in [-0.4, -0.2) is 15.0 Å². The van der Waals surface area contributed by atoms with Crippen LogP contribution in [0.2, 0.25) is 0 Å². The molecule has 102 valence electrons. The smallest absolute Gasteiger partial charge is 0.350 e. The van der Waals surface area contributed by atoms with E-state index >= 15 is 0 Å². The standard InChI is InChI=1S/C16H11N3O2/c1-9-4-2-3-5-11(9)10-6-7-12-13(8-10)21-15-14(17-12)18-16(20)19-15/h2-8H,1H3,(H,17,18,20). The maximum atomic E-state index is 11.2. The molecule has 0 unspecified atom stereocenters. The molecule has 0 saturated carbocycles. The van der Waals surface area contributed by atoms with Gasteiger partial charge >= 0.3 is 5.69 Å². The minimum Gasteiger partial charge on any atom is -0.433 e. The maximum absolute atomic E-state index is 11.2. The van der Waals surface area contributed by atoms with Gasteiger partial charge in [0.25, 0.3) is 5.89 Å². The number of fused-ring (bicyclic) bond motifs is 2. The lowest BCUT2D eigenvalue weighted by Gasteiger charge is -2.07. The summed E-state index contributed by atoms with van der Waals surface area (Å²) in [7, 11) is 0. The monoisotopic (exact) mass is 277 g/mol. The lowest BCUT2D eigenvalue weighted by molar-refractivity contribution is 0.596. The molecular weight excluding hydrogens is 266 g/mol. The van der Waals surface area contributed by atoms with Crippen molar-refractivity contribution < 1.29 is 4.42 Å². The molecule has 0 aromatic heterocycles. The van der Waals surface area contributed by atoms with Gasteiger partial charge in [0.15, 0.2) is 11.4 Å². The van der Waals surface area contributed by atoms with E-state index < -0.39 is 5.69 Å². The topological polar surface area (TPSA) is 71.8 Å². The molecule has 4 rings (SSSR count). The fraction of sp³-hybridized carbons (Fsp3) is 0.0625. The van der Waals surface area contributed by atoms with Crippen LogP contribution in [0, 0.1) is 6.92 Å². The second-order valence-electron chi connectivity index (χ2n) is 4.91. The highest BCUT2D eigenvalue weighted by Crippen LogP contribution is 2.28. The number of aryl methyl sites for hydroxylation is 1. The Kier molecular flexibility index (Phi) is 2.41. The molecule has 0 bridgehead atoms. The van der Waals surface area contributed by atoms with Crippen molar-refractivity contribution in [2.24, 2.45) is 0 Å². The number of nitrogens with zero attached hydrogens (tertiary/aromatic N) is 2. The van der Waals surface area contributed by atoms with Crippen LogP contribution in [0.3, 0.4) is 0 Å². The van der Waals surface area contributed by atoms with Crippen LogP contribution in [-0.2, 0) is 0 Å². The third-order valence-corrected chi connectivity index (χ3v) is 3.49. The Morgan fingerprint density at radius 2 is 1.95 bits per heavy atom. The van der Waals surface area contributed by atoms with Crippen LogP contribution in [0.25, 0.3) is 33.9 Å². The first-order valence-corrected chi connectivity index (χ1v) is 6.57. The number of rotatable bonds is 1. The Morgan fingerprint density at radius 1 is 1.10 bits per heavy atom. The molecule has 0 amide bonds. The average Bonchev–Trinajstić information content (AvgIpc) is 2.83. The Bertz CT molecular complexity index is 984. The molecule has 1 N–H and O–H groups in total. The lowest BCUT2D eigenvalue weighted by Crippen LogP contribution is -1.98. The van der Waals surface area contributed by atoms with Crippen molar-refractivity contribution in [1.29, 1.82) is 0 Å². The molecule has 0 fully saturated rings. The Hall–Kier alpha value is -2.95. The zero-order valence-corrected chi connectivity index (χ0v) is 11.3. The van der Waals surface area contributed by atoms with Gasteiger partial charge in [0.2, 0.25) is 0 Å². The van der Waals surface area contributed by atoms with Crippen LogP contribution in [0.1, 0.15) is 5.56 Å². The van der Waals surface area contributed by atoms with E-state index in [4.69, 9.17) is 4.42 Å². The van der Waals surface area contributed by atoms with Crippen molar-refractivity contribution in [3.8, 4) is 22.8 Å². The summed E-state index contributed by atoms with van der Waals surface area (Å²) in [5, 5.41) is 0. The highest BCUT2D eigenvalue weighted by atomic mass is 16.3. The van der Waals surface area contributed by atoms with Gasteiger partial charge in [0.1, 0.15) is 5.52 Å². The van der Waals surface area contributed by atoms with Crippen molar-refractivity contribution in [2.75, 3.05) is 0 Å². The van der Waals surface area contributed by atoms with E-state index in [0.717, 1.165) is 11.1 Å². The number of benzene rings is 2. The average molecular weight is 277 g/mol. The van der Waals surface area contributed by atoms with Crippen molar-refractivity contribution in [2.45, 2.75) is 6.92 Å². The van der Waals surface area contributed by atoms with Gasteiger partial charge in [-0.25, -0.2) is 9.78 Å². The SMILES string of the molecule is Cc1ccccc1-c1ccc2nc3[nH]c(=O)nc-3oc2c1. The van der Waals surface area contributed by atoms with E-state index in [-0.39, 0.29) is 5.89 Å². The van der Waals surface area contributed by atoms with Crippen LogP contribution < -0.4 is 5.69 Å². The van der Waals surface area contributed by atoms with E-state index in [1.807, 2.05) is 30.3 Å². The van der Waals surface area contributed by atoms with Gasteiger partial charge in [0, 0.05) is 0 Å². The molecular formula is C16H11N3O2. The molecule has 2 aromatic carbocycles. The Balaban J connectivity index is 1.98. The Morgan fingerprint density at radius 3 is 2.81 bits per heavy atom. The maximum Gasteiger partial charge on any atom is 0.350 e. The van der Waals surface area contributed by atoms with Crippen molar-refractivity contribution in [3.05, 3.63) is 58.5 Å². The summed E-state index contributed by atoms with van der Waals surface area (Å²) >= 11 is 0. The summed E-state index contributed by atoms with van der Waals surface area (Å²) in [5.41, 5.74) is 4.21. The first-order chi connectivity index (χ1) is 10.2. The molecule has 2 aromatic rings. The second kappa shape index (κ2) is 4.28. The third kappa shape index (κ3) is 1.90. The fourth-order valence-corrected chi connectivity index (χ4v) is 2.45. The summed E-state index contributed by atoms with van der Waals surface area (Å²) in [5.74, 6) is 0.602. The highest BCUT2D eigenvalue weighted by molar-refractivity contribution is 5.82. The molecule has 2 aliphatic heterocycles. The largest absolute Gasteiger partial charge is 0.433 e. The van der Waals surface area contributed by atoms with Gasteiger partial charge in [-0.05, 0) is 35.7 Å². The molecule has 0 atom stereocenters. The van der Waals surface area contributed by atoms with Crippen molar-refractivity contribution in [1.82, 2.24) is 15.0 Å². The van der Waals surface area contributed by atoms with Gasteiger partial charge < -0.3 is 4.42 Å². The predicted molar refractivity (Wildman–Crippen MR) is 79.2 cm³/mol. The number of hydrogen-bond acceptors (Lipinski definition) is 4. The summed E-state index contributed by atoms with van der Waals surface area (Å²) in [6, 6.07) is 13.9. The molecule has 2 aliphatic rings. The number of hydrogen-bond donors (Lipinski definition) is 1. The summed E-state index contributed by atoms with van der Waals surface area (Å²) in [6.45, 7) is 2.07. The first kappa shape index (κ1) is 11.8. The molecule has 2 heterocycles. The minimum absolute atomic E-state index is 0.231. The number of nitrogens with one attached hydrogen (secondary N) is 1. The molecule has 0 spiro atoms. The first-order valence-electron chi connectivity index (χ1n) is 6.57. The fourth-order valence-electron chi connectivity index (χ4n) is 2.45. The highest BCUT2D eigenvalue weighted by Gasteiger charge is 2.14. The van der Waals surface area contributed by atoms with Gasteiger partial charge in [0.05, 0.1) is 0 Å². The zero-order chi connectivity index (χ0) is 14.4. The number of aromatic amines is 1. The summed E-state index contributed by atoms with van der Waals surface area (Å²) in [4.78, 5) is 21.9. The van der Waals surface area contributed by atoms with Gasteiger partial charge in [-0.3, -0.25) is 4.98 Å². The number of H-pyrrole nitrogens is 1. The second-order valence-corrected chi connectivity index (χ2v) is 4.91. The van der Waals surface area contributed by atoms with Crippen LogP contribution in [0.4, 0.5) is 0 Å². The summed E-state index contributed by atoms with van der Waals surface area (Å²) < 4.78 is 5.66. The predicted octanol–water partition coefficient (Wildman–Crippen LogP) is 2.99. The molecule has 5 heteroatoms. The third-order valence-electron chi connectivity index (χ3n) is 3.49. The van der Waals surface area contributed by atoms with Gasteiger partial charge in [-0.2, -0.15) is 4.98 Å². The molecule has 0 aliphatic carbocycles. The minimum atomic E-state index is -0.448. The van der Waals surface area contributed by atoms with E-state index in [9.17, 15) is 4.79 Å². The van der Waals surface area contributed by atoms with Crippen molar-refractivity contribution in [3.63, 3.8) is 0 Å². The van der Waals surface area contributed by atoms with E-state index in [0.29, 0.717) is 16.9 Å². The Labute approximate surface area is 119 Å². The van der Waals surface area contributed by atoms with E-state index in [1.165, 1.54) is 5.56 Å². The molecule has 21 heavy (non-hydrogen) atoms. The number of imidazole rings is 1. The van der Waals surface area contributed by atoms with Crippen molar-refractivity contribution >= 4 is 11.1 Å². The number of aromatic nitrogens is 3. The molecule has 5 nitrogen and oxygen atoms in total. The normalized spacial score (nSPS) is 11.3. The van der Waals surface area contributed by atoms with E-state index in [1.54, 1.807) is 0 Å². The lowest BCUT2D eigenvalue weighted by atomic mass is 10.0. The van der Waals surface area contributed by atoms with Crippen LogP contribution in [0.15, 0.2) is 51.7 Å². The quantitative estimate of drug-likeness (QED) is 0.580. The summed E-state index contributed by atoms with van der Waals surface area (Å²) in [6.07, 6.45) is 0. The molecule has 0 saturated heterocycles. The van der Waals surface area contributed by atoms with Crippen LogP contribution >= 0.6 is 0 Å². The molecule has 0 radical (unpaired) electrons. The van der Waals surface area contributed by atoms with Gasteiger partial charge in [-0.1, -0.05) is 30.3 Å².